The average Bonchev–Trinajstić information content (AvgIpc) is 2.27. The van der Waals surface area contributed by atoms with E-state index in [1.165, 1.54) is 12.1 Å². The number of aliphatic hydroxyl groups is 1. The number of aliphatic carboxylic acids is 1. The maximum absolute atomic E-state index is 11.0. The Morgan fingerprint density at radius 3 is 2.47 bits per heavy atom. The lowest BCUT2D eigenvalue weighted by Crippen LogP contribution is -2.38. The molecule has 1 atom stereocenters. The Hall–Kier alpha value is -1.39. The first-order valence-corrected chi connectivity index (χ1v) is 4.76. The molecule has 0 radical (unpaired) electrons. The molecule has 0 aliphatic rings. The SMILES string of the molecule is CCCOC(O)(C(=O)O)c1ccccc1. The van der Waals surface area contributed by atoms with Crippen molar-refractivity contribution in [2.45, 2.75) is 19.1 Å². The van der Waals surface area contributed by atoms with E-state index in [9.17, 15) is 9.90 Å². The summed E-state index contributed by atoms with van der Waals surface area (Å²) in [6.07, 6.45) is 0.641. The topological polar surface area (TPSA) is 66.8 Å². The van der Waals surface area contributed by atoms with Crippen molar-refractivity contribution in [1.29, 1.82) is 0 Å². The fourth-order valence-electron chi connectivity index (χ4n) is 1.18. The van der Waals surface area contributed by atoms with Crippen molar-refractivity contribution in [3.8, 4) is 0 Å². The standard InChI is InChI=1S/C11H14O4/c1-2-8-15-11(14,10(12)13)9-6-4-3-5-7-9/h3-7,14H,2,8H2,1H3,(H,12,13). The summed E-state index contributed by atoms with van der Waals surface area (Å²) >= 11 is 0. The van der Waals surface area contributed by atoms with Crippen LogP contribution in [0.15, 0.2) is 30.3 Å². The molecule has 1 aromatic carbocycles. The van der Waals surface area contributed by atoms with Gasteiger partial charge in [0.1, 0.15) is 0 Å². The van der Waals surface area contributed by atoms with E-state index >= 15 is 0 Å². The van der Waals surface area contributed by atoms with Crippen LogP contribution in [-0.4, -0.2) is 22.8 Å². The number of hydrogen-bond acceptors (Lipinski definition) is 3. The van der Waals surface area contributed by atoms with E-state index in [0.717, 1.165) is 0 Å². The second-order valence-electron chi connectivity index (χ2n) is 3.16. The minimum atomic E-state index is -2.24. The Balaban J connectivity index is 2.96. The Kier molecular flexibility index (Phi) is 3.82. The van der Waals surface area contributed by atoms with Gasteiger partial charge in [-0.1, -0.05) is 37.3 Å². The molecule has 0 spiro atoms. The molecule has 0 aliphatic heterocycles. The summed E-state index contributed by atoms with van der Waals surface area (Å²) in [5, 5.41) is 18.8. The third-order valence-electron chi connectivity index (χ3n) is 1.97. The Morgan fingerprint density at radius 2 is 2.00 bits per heavy atom. The van der Waals surface area contributed by atoms with Crippen LogP contribution in [0.1, 0.15) is 18.9 Å². The number of ether oxygens (including phenoxy) is 1. The summed E-state index contributed by atoms with van der Waals surface area (Å²) in [7, 11) is 0. The van der Waals surface area contributed by atoms with Crippen LogP contribution in [-0.2, 0) is 15.3 Å². The van der Waals surface area contributed by atoms with Crippen LogP contribution >= 0.6 is 0 Å². The van der Waals surface area contributed by atoms with Gasteiger partial charge in [0.05, 0.1) is 6.61 Å². The molecule has 2 N–H and O–H groups in total. The molecule has 4 nitrogen and oxygen atoms in total. The van der Waals surface area contributed by atoms with Gasteiger partial charge in [-0.15, -0.1) is 0 Å². The molecular weight excluding hydrogens is 196 g/mol. The first-order chi connectivity index (χ1) is 7.11. The summed E-state index contributed by atoms with van der Waals surface area (Å²) in [4.78, 5) is 11.0. The van der Waals surface area contributed by atoms with Crippen molar-refractivity contribution in [1.82, 2.24) is 0 Å². The van der Waals surface area contributed by atoms with E-state index < -0.39 is 11.8 Å². The Bertz CT molecular complexity index is 323. The molecule has 15 heavy (non-hydrogen) atoms. The maximum Gasteiger partial charge on any atom is 0.369 e. The third-order valence-corrected chi connectivity index (χ3v) is 1.97. The first kappa shape index (κ1) is 11.7. The van der Waals surface area contributed by atoms with Gasteiger partial charge in [0.15, 0.2) is 0 Å². The number of carboxylic acids is 1. The van der Waals surface area contributed by atoms with Crippen LogP contribution in [0.2, 0.25) is 0 Å². The summed E-state index contributed by atoms with van der Waals surface area (Å²) in [6, 6.07) is 8.08. The monoisotopic (exact) mass is 210 g/mol. The first-order valence-electron chi connectivity index (χ1n) is 4.76. The van der Waals surface area contributed by atoms with E-state index in [0.29, 0.717) is 6.42 Å². The molecule has 1 rings (SSSR count). The van der Waals surface area contributed by atoms with Crippen LogP contribution in [0.4, 0.5) is 0 Å². The van der Waals surface area contributed by atoms with Gasteiger partial charge >= 0.3 is 5.97 Å². The van der Waals surface area contributed by atoms with Crippen molar-refractivity contribution >= 4 is 5.97 Å². The fourth-order valence-corrected chi connectivity index (χ4v) is 1.18. The normalized spacial score (nSPS) is 14.5. The van der Waals surface area contributed by atoms with Gasteiger partial charge in [-0.05, 0) is 6.42 Å². The van der Waals surface area contributed by atoms with E-state index in [1.807, 2.05) is 6.92 Å². The predicted octanol–water partition coefficient (Wildman–Crippen LogP) is 1.34. The lowest BCUT2D eigenvalue weighted by Gasteiger charge is -2.23. The lowest BCUT2D eigenvalue weighted by molar-refractivity contribution is -0.229. The quantitative estimate of drug-likeness (QED) is 0.720. The number of carbonyl (C=O) groups is 1. The minimum absolute atomic E-state index is 0.192. The van der Waals surface area contributed by atoms with Gasteiger partial charge in [-0.25, -0.2) is 4.79 Å². The highest BCUT2D eigenvalue weighted by Gasteiger charge is 2.39. The van der Waals surface area contributed by atoms with Crippen molar-refractivity contribution in [2.24, 2.45) is 0 Å². The maximum atomic E-state index is 11.0. The fraction of sp³-hybridized carbons (Fsp3) is 0.364. The number of benzene rings is 1. The molecule has 0 saturated carbocycles. The molecule has 0 bridgehead atoms. The van der Waals surface area contributed by atoms with Crippen molar-refractivity contribution in [2.75, 3.05) is 6.61 Å². The van der Waals surface area contributed by atoms with E-state index in [2.05, 4.69) is 0 Å². The highest BCUT2D eigenvalue weighted by Crippen LogP contribution is 2.22. The van der Waals surface area contributed by atoms with Gasteiger partial charge in [-0.3, -0.25) is 0 Å². The third kappa shape index (κ3) is 2.55. The van der Waals surface area contributed by atoms with E-state index in [1.54, 1.807) is 18.2 Å². The smallest absolute Gasteiger partial charge is 0.369 e. The summed E-state index contributed by atoms with van der Waals surface area (Å²) in [5.74, 6) is -3.64. The van der Waals surface area contributed by atoms with Gasteiger partial charge in [0.2, 0.25) is 0 Å². The zero-order chi connectivity index (χ0) is 11.3. The van der Waals surface area contributed by atoms with Gasteiger partial charge in [0.25, 0.3) is 5.79 Å². The molecule has 4 heteroatoms. The average molecular weight is 210 g/mol. The molecule has 0 aliphatic carbocycles. The van der Waals surface area contributed by atoms with E-state index in [-0.39, 0.29) is 12.2 Å². The molecule has 0 amide bonds. The van der Waals surface area contributed by atoms with Crippen LogP contribution in [0.5, 0.6) is 0 Å². The second-order valence-corrected chi connectivity index (χ2v) is 3.16. The number of hydrogen-bond donors (Lipinski definition) is 2. The Morgan fingerprint density at radius 1 is 1.40 bits per heavy atom. The molecule has 0 aromatic heterocycles. The lowest BCUT2D eigenvalue weighted by atomic mass is 10.1. The van der Waals surface area contributed by atoms with Crippen LogP contribution in [0.3, 0.4) is 0 Å². The Labute approximate surface area is 88.1 Å². The predicted molar refractivity (Wildman–Crippen MR) is 54.2 cm³/mol. The molecule has 0 saturated heterocycles. The van der Waals surface area contributed by atoms with Crippen LogP contribution in [0, 0.1) is 0 Å². The molecule has 1 unspecified atom stereocenters. The molecule has 82 valence electrons. The van der Waals surface area contributed by atoms with Crippen LogP contribution < -0.4 is 0 Å². The van der Waals surface area contributed by atoms with Gasteiger partial charge in [-0.2, -0.15) is 0 Å². The zero-order valence-corrected chi connectivity index (χ0v) is 8.51. The largest absolute Gasteiger partial charge is 0.477 e. The zero-order valence-electron chi connectivity index (χ0n) is 8.51. The molecule has 0 heterocycles. The molecule has 1 aromatic rings. The minimum Gasteiger partial charge on any atom is -0.477 e. The highest BCUT2D eigenvalue weighted by atomic mass is 16.6. The summed E-state index contributed by atoms with van der Waals surface area (Å²) in [5.41, 5.74) is 0.228. The van der Waals surface area contributed by atoms with Crippen molar-refractivity contribution in [3.63, 3.8) is 0 Å². The van der Waals surface area contributed by atoms with E-state index in [4.69, 9.17) is 9.84 Å². The number of carboxylic acid groups (broad SMARTS) is 1. The van der Waals surface area contributed by atoms with Crippen LogP contribution in [0.25, 0.3) is 0 Å². The van der Waals surface area contributed by atoms with Gasteiger partial charge < -0.3 is 14.9 Å². The van der Waals surface area contributed by atoms with Crippen molar-refractivity contribution in [3.05, 3.63) is 35.9 Å². The number of rotatable bonds is 5. The highest BCUT2D eigenvalue weighted by molar-refractivity contribution is 5.77. The second kappa shape index (κ2) is 4.91. The molecule has 0 fully saturated rings. The molecular formula is C11H14O4. The summed E-state index contributed by atoms with van der Waals surface area (Å²) < 4.78 is 4.98. The summed E-state index contributed by atoms with van der Waals surface area (Å²) in [6.45, 7) is 2.03. The van der Waals surface area contributed by atoms with Gasteiger partial charge in [0, 0.05) is 5.56 Å². The van der Waals surface area contributed by atoms with Crippen molar-refractivity contribution < 1.29 is 19.7 Å².